The minimum Gasteiger partial charge on any atom is -0.348 e. The summed E-state index contributed by atoms with van der Waals surface area (Å²) in [7, 11) is 0. The van der Waals surface area contributed by atoms with Gasteiger partial charge in [-0.2, -0.15) is 5.26 Å². The molecule has 1 aliphatic carbocycles. The number of hydrogen-bond donors (Lipinski definition) is 0. The zero-order valence-corrected chi connectivity index (χ0v) is 10.7. The molecule has 2 heterocycles. The van der Waals surface area contributed by atoms with Crippen molar-refractivity contribution in [3.8, 4) is 6.07 Å². The van der Waals surface area contributed by atoms with Crippen LogP contribution in [0.2, 0.25) is 0 Å². The van der Waals surface area contributed by atoms with Gasteiger partial charge < -0.3 is 4.90 Å². The summed E-state index contributed by atoms with van der Waals surface area (Å²) < 4.78 is 0. The van der Waals surface area contributed by atoms with Gasteiger partial charge in [-0.05, 0) is 36.4 Å². The van der Waals surface area contributed by atoms with Crippen molar-refractivity contribution < 1.29 is 0 Å². The normalized spacial score (nSPS) is 14.2. The van der Waals surface area contributed by atoms with E-state index in [1.54, 1.807) is 17.4 Å². The molecule has 0 bridgehead atoms. The molecule has 0 aromatic carbocycles. The number of pyridine rings is 1. The van der Waals surface area contributed by atoms with Gasteiger partial charge in [-0.25, -0.2) is 4.98 Å². The van der Waals surface area contributed by atoms with Crippen molar-refractivity contribution in [3.63, 3.8) is 0 Å². The van der Waals surface area contributed by atoms with Crippen molar-refractivity contribution in [2.45, 2.75) is 25.4 Å². The zero-order valence-electron chi connectivity index (χ0n) is 9.91. The Hall–Kier alpha value is -1.86. The summed E-state index contributed by atoms with van der Waals surface area (Å²) >= 11 is 1.77. The van der Waals surface area contributed by atoms with Crippen LogP contribution in [-0.4, -0.2) is 11.0 Å². The molecule has 0 atom stereocenters. The molecule has 0 aliphatic heterocycles. The molecular weight excluding hydrogens is 242 g/mol. The molecule has 18 heavy (non-hydrogen) atoms. The third-order valence-corrected chi connectivity index (χ3v) is 3.90. The summed E-state index contributed by atoms with van der Waals surface area (Å²) in [5.41, 5.74) is 0.490. The molecule has 2 aromatic heterocycles. The number of hydrogen-bond acceptors (Lipinski definition) is 4. The predicted molar refractivity (Wildman–Crippen MR) is 72.5 cm³/mol. The summed E-state index contributed by atoms with van der Waals surface area (Å²) in [6.45, 7) is 0.893. The van der Waals surface area contributed by atoms with Crippen LogP contribution in [0.15, 0.2) is 35.7 Å². The molecule has 0 amide bonds. The third-order valence-electron chi connectivity index (χ3n) is 3.04. The average Bonchev–Trinajstić information content (AvgIpc) is 3.13. The topological polar surface area (TPSA) is 39.9 Å². The van der Waals surface area contributed by atoms with Crippen molar-refractivity contribution in [2.75, 3.05) is 4.90 Å². The SMILES string of the molecule is N#Cc1cccc(N(Cc2cccs2)C2CC2)n1. The highest BCUT2D eigenvalue weighted by molar-refractivity contribution is 7.09. The van der Waals surface area contributed by atoms with E-state index < -0.39 is 0 Å². The Morgan fingerprint density at radius 3 is 2.89 bits per heavy atom. The summed E-state index contributed by atoms with van der Waals surface area (Å²) in [5, 5.41) is 11.0. The van der Waals surface area contributed by atoms with Crippen LogP contribution >= 0.6 is 11.3 Å². The summed E-state index contributed by atoms with van der Waals surface area (Å²) in [6, 6.07) is 12.6. The van der Waals surface area contributed by atoms with Gasteiger partial charge in [0.1, 0.15) is 17.6 Å². The second-order valence-corrected chi connectivity index (χ2v) is 5.46. The van der Waals surface area contributed by atoms with Crippen molar-refractivity contribution in [1.82, 2.24) is 4.98 Å². The molecule has 4 heteroatoms. The van der Waals surface area contributed by atoms with Crippen molar-refractivity contribution in [2.24, 2.45) is 0 Å². The van der Waals surface area contributed by atoms with E-state index in [-0.39, 0.29) is 0 Å². The van der Waals surface area contributed by atoms with E-state index in [1.807, 2.05) is 12.1 Å². The fourth-order valence-electron chi connectivity index (χ4n) is 2.00. The summed E-state index contributed by atoms with van der Waals surface area (Å²) in [6.07, 6.45) is 2.45. The molecule has 1 saturated carbocycles. The molecule has 0 N–H and O–H groups in total. The van der Waals surface area contributed by atoms with Crippen LogP contribution in [0.25, 0.3) is 0 Å². The first kappa shape index (κ1) is 11.2. The number of aromatic nitrogens is 1. The zero-order chi connectivity index (χ0) is 12.4. The number of anilines is 1. The van der Waals surface area contributed by atoms with E-state index in [0.29, 0.717) is 11.7 Å². The number of nitriles is 1. The Kier molecular flexibility index (Phi) is 2.99. The summed E-state index contributed by atoms with van der Waals surface area (Å²) in [5.74, 6) is 0.921. The Morgan fingerprint density at radius 1 is 1.33 bits per heavy atom. The van der Waals surface area contributed by atoms with Gasteiger partial charge in [0.05, 0.1) is 6.54 Å². The fraction of sp³-hybridized carbons (Fsp3) is 0.286. The van der Waals surface area contributed by atoms with Crippen LogP contribution in [0.5, 0.6) is 0 Å². The molecule has 2 aromatic rings. The van der Waals surface area contributed by atoms with Crippen molar-refractivity contribution in [1.29, 1.82) is 5.26 Å². The molecular formula is C14H13N3S. The first-order valence-electron chi connectivity index (χ1n) is 6.03. The first-order valence-corrected chi connectivity index (χ1v) is 6.91. The Labute approximate surface area is 110 Å². The van der Waals surface area contributed by atoms with Gasteiger partial charge in [0.2, 0.25) is 0 Å². The van der Waals surface area contributed by atoms with Gasteiger partial charge in [0, 0.05) is 10.9 Å². The van der Waals surface area contributed by atoms with E-state index >= 15 is 0 Å². The number of rotatable bonds is 4. The van der Waals surface area contributed by atoms with Gasteiger partial charge in [-0.15, -0.1) is 11.3 Å². The molecule has 0 radical (unpaired) electrons. The minimum absolute atomic E-state index is 0.490. The van der Waals surface area contributed by atoms with Crippen LogP contribution in [-0.2, 0) is 6.54 Å². The monoisotopic (exact) mass is 255 g/mol. The molecule has 0 saturated heterocycles. The van der Waals surface area contributed by atoms with E-state index in [9.17, 15) is 0 Å². The lowest BCUT2D eigenvalue weighted by Crippen LogP contribution is -2.25. The lowest BCUT2D eigenvalue weighted by Gasteiger charge is -2.22. The smallest absolute Gasteiger partial charge is 0.142 e. The van der Waals surface area contributed by atoms with E-state index in [0.717, 1.165) is 12.4 Å². The lowest BCUT2D eigenvalue weighted by atomic mass is 10.3. The van der Waals surface area contributed by atoms with Crippen LogP contribution in [0, 0.1) is 11.3 Å². The maximum atomic E-state index is 8.93. The largest absolute Gasteiger partial charge is 0.348 e. The highest BCUT2D eigenvalue weighted by atomic mass is 32.1. The molecule has 90 valence electrons. The highest BCUT2D eigenvalue weighted by Crippen LogP contribution is 2.32. The quantitative estimate of drug-likeness (QED) is 0.842. The van der Waals surface area contributed by atoms with Crippen LogP contribution < -0.4 is 4.90 Å². The van der Waals surface area contributed by atoms with Crippen molar-refractivity contribution in [3.05, 3.63) is 46.3 Å². The van der Waals surface area contributed by atoms with Gasteiger partial charge >= 0.3 is 0 Å². The molecule has 0 unspecified atom stereocenters. The summed E-state index contributed by atoms with van der Waals surface area (Å²) in [4.78, 5) is 8.05. The molecule has 3 nitrogen and oxygen atoms in total. The van der Waals surface area contributed by atoms with Crippen LogP contribution in [0.4, 0.5) is 5.82 Å². The Bertz CT molecular complexity index is 567. The van der Waals surface area contributed by atoms with E-state index in [2.05, 4.69) is 33.5 Å². The molecule has 1 aliphatic rings. The maximum absolute atomic E-state index is 8.93. The van der Waals surface area contributed by atoms with Crippen molar-refractivity contribution >= 4 is 17.2 Å². The van der Waals surface area contributed by atoms with E-state index in [4.69, 9.17) is 5.26 Å². The second-order valence-electron chi connectivity index (χ2n) is 4.43. The maximum Gasteiger partial charge on any atom is 0.142 e. The second kappa shape index (κ2) is 4.79. The number of nitrogens with zero attached hydrogens (tertiary/aromatic N) is 3. The number of thiophene rings is 1. The highest BCUT2D eigenvalue weighted by Gasteiger charge is 2.30. The van der Waals surface area contributed by atoms with Crippen LogP contribution in [0.3, 0.4) is 0 Å². The molecule has 3 rings (SSSR count). The fourth-order valence-corrected chi connectivity index (χ4v) is 2.70. The minimum atomic E-state index is 0.490. The van der Waals surface area contributed by atoms with Gasteiger partial charge in [-0.1, -0.05) is 12.1 Å². The Morgan fingerprint density at radius 2 is 2.22 bits per heavy atom. The first-order chi connectivity index (χ1) is 8.86. The third kappa shape index (κ3) is 2.36. The van der Waals surface area contributed by atoms with Crippen LogP contribution in [0.1, 0.15) is 23.4 Å². The molecule has 0 spiro atoms. The standard InChI is InChI=1S/C14H13N3S/c15-9-11-3-1-5-14(16-11)17(12-6-7-12)10-13-4-2-8-18-13/h1-5,8,12H,6-7,10H2. The Balaban J connectivity index is 1.87. The predicted octanol–water partition coefficient (Wildman–Crippen LogP) is 3.18. The van der Waals surface area contributed by atoms with E-state index in [1.165, 1.54) is 17.7 Å². The van der Waals surface area contributed by atoms with Gasteiger partial charge in [0.25, 0.3) is 0 Å². The molecule has 1 fully saturated rings. The lowest BCUT2D eigenvalue weighted by molar-refractivity contribution is 0.785. The van der Waals surface area contributed by atoms with Gasteiger partial charge in [-0.3, -0.25) is 0 Å². The van der Waals surface area contributed by atoms with Gasteiger partial charge in [0.15, 0.2) is 0 Å². The average molecular weight is 255 g/mol.